The summed E-state index contributed by atoms with van der Waals surface area (Å²) in [5, 5.41) is -0.111. The Morgan fingerprint density at radius 1 is 1.24 bits per heavy atom. The smallest absolute Gasteiger partial charge is 0.290 e. The summed E-state index contributed by atoms with van der Waals surface area (Å²) in [5.74, 6) is -0.968. The van der Waals surface area contributed by atoms with Crippen molar-refractivity contribution >= 4 is 23.3 Å². The first-order chi connectivity index (χ1) is 13.8. The Labute approximate surface area is 175 Å². The Bertz CT molecular complexity index is 871. The minimum absolute atomic E-state index is 0.100. The lowest BCUT2D eigenvalue weighted by Crippen LogP contribution is -2.44. The number of benzene rings is 1. The summed E-state index contributed by atoms with van der Waals surface area (Å²) in [4.78, 5) is 30.3. The van der Waals surface area contributed by atoms with Crippen LogP contribution in [-0.2, 0) is 14.3 Å². The van der Waals surface area contributed by atoms with Gasteiger partial charge in [-0.05, 0) is 38.9 Å². The average molecular weight is 421 g/mol. The number of amides is 1. The summed E-state index contributed by atoms with van der Waals surface area (Å²) in [7, 11) is 3.81. The molecule has 156 valence electrons. The number of ether oxygens (including phenoxy) is 1. The normalized spacial score (nSPS) is 31.8. The van der Waals surface area contributed by atoms with Gasteiger partial charge in [-0.2, -0.15) is 0 Å². The predicted octanol–water partition coefficient (Wildman–Crippen LogP) is 3.15. The molecule has 1 aliphatic carbocycles. The second-order valence-corrected chi connectivity index (χ2v) is 9.12. The number of carbonyl (C=O) groups excluding carboxylic acids is 2. The lowest BCUT2D eigenvalue weighted by atomic mass is 9.74. The monoisotopic (exact) mass is 420 g/mol. The molecule has 4 rings (SSSR count). The van der Waals surface area contributed by atoms with Gasteiger partial charge in [-0.3, -0.25) is 9.59 Å². The van der Waals surface area contributed by atoms with E-state index < -0.39 is 11.9 Å². The molecular formula is C22H26ClFN2O3. The molecule has 2 aliphatic heterocycles. The maximum atomic E-state index is 14.7. The molecule has 0 radical (unpaired) electrons. The molecule has 0 bridgehead atoms. The molecule has 0 N–H and O–H groups in total. The molecule has 0 saturated heterocycles. The van der Waals surface area contributed by atoms with Gasteiger partial charge in [0, 0.05) is 24.0 Å². The van der Waals surface area contributed by atoms with Crippen LogP contribution in [0.2, 0.25) is 0 Å². The van der Waals surface area contributed by atoms with Crippen LogP contribution in [0.5, 0.6) is 0 Å². The van der Waals surface area contributed by atoms with Gasteiger partial charge in [0.05, 0.1) is 17.5 Å². The molecular weight excluding hydrogens is 395 g/mol. The van der Waals surface area contributed by atoms with E-state index in [9.17, 15) is 14.0 Å². The maximum absolute atomic E-state index is 14.7. The molecule has 5 nitrogen and oxygen atoms in total. The van der Waals surface area contributed by atoms with Crippen molar-refractivity contribution in [2.45, 2.75) is 37.3 Å². The van der Waals surface area contributed by atoms with E-state index in [1.54, 1.807) is 23.1 Å². The third-order valence-electron chi connectivity index (χ3n) is 6.29. The molecule has 29 heavy (non-hydrogen) atoms. The number of carbonyl (C=O) groups is 2. The Kier molecular flexibility index (Phi) is 5.42. The highest BCUT2D eigenvalue weighted by Crippen LogP contribution is 2.48. The van der Waals surface area contributed by atoms with Crippen LogP contribution in [0.1, 0.15) is 31.4 Å². The second kappa shape index (κ2) is 7.73. The van der Waals surface area contributed by atoms with Crippen molar-refractivity contribution < 1.29 is 18.7 Å². The fraction of sp³-hybridized carbons (Fsp3) is 0.545. The van der Waals surface area contributed by atoms with Crippen LogP contribution in [0.4, 0.5) is 4.39 Å². The van der Waals surface area contributed by atoms with Gasteiger partial charge in [-0.1, -0.05) is 25.1 Å². The molecule has 2 heterocycles. The van der Waals surface area contributed by atoms with Gasteiger partial charge in [0.2, 0.25) is 0 Å². The summed E-state index contributed by atoms with van der Waals surface area (Å²) >= 11 is 6.45. The van der Waals surface area contributed by atoms with Crippen LogP contribution in [0.15, 0.2) is 35.6 Å². The lowest BCUT2D eigenvalue weighted by molar-refractivity contribution is -0.136. The number of fused-ring (bicyclic) bond motifs is 1. The average Bonchev–Trinajstić information content (AvgIpc) is 2.94. The van der Waals surface area contributed by atoms with Gasteiger partial charge in [-0.15, -0.1) is 11.6 Å². The first kappa shape index (κ1) is 20.4. The van der Waals surface area contributed by atoms with Crippen LogP contribution in [-0.4, -0.2) is 60.2 Å². The Hall–Kier alpha value is -1.92. The van der Waals surface area contributed by atoms with Gasteiger partial charge in [-0.25, -0.2) is 4.39 Å². The van der Waals surface area contributed by atoms with Crippen molar-refractivity contribution in [3.63, 3.8) is 0 Å². The minimum atomic E-state index is -0.764. The minimum Gasteiger partial charge on any atom is -0.483 e. The fourth-order valence-electron chi connectivity index (χ4n) is 4.62. The summed E-state index contributed by atoms with van der Waals surface area (Å²) in [5.41, 5.74) is 0.616. The van der Waals surface area contributed by atoms with E-state index >= 15 is 0 Å². The zero-order valence-corrected chi connectivity index (χ0v) is 17.7. The van der Waals surface area contributed by atoms with Gasteiger partial charge in [0.1, 0.15) is 11.9 Å². The van der Waals surface area contributed by atoms with Gasteiger partial charge >= 0.3 is 0 Å². The van der Waals surface area contributed by atoms with Crippen molar-refractivity contribution in [3.05, 3.63) is 47.0 Å². The maximum Gasteiger partial charge on any atom is 0.290 e. The third kappa shape index (κ3) is 3.46. The van der Waals surface area contributed by atoms with Gasteiger partial charge in [0.15, 0.2) is 11.5 Å². The molecule has 3 aliphatic rings. The molecule has 1 aromatic rings. The van der Waals surface area contributed by atoms with Crippen LogP contribution >= 0.6 is 11.6 Å². The number of ketones is 1. The van der Waals surface area contributed by atoms with Crippen molar-refractivity contribution in [1.29, 1.82) is 0 Å². The number of rotatable bonds is 4. The molecule has 1 aromatic carbocycles. The summed E-state index contributed by atoms with van der Waals surface area (Å²) in [6.07, 6.45) is 0.806. The van der Waals surface area contributed by atoms with E-state index in [4.69, 9.17) is 16.3 Å². The number of likely N-dealkylation sites (N-methyl/N-ethyl adjacent to an activating group) is 1. The Morgan fingerprint density at radius 3 is 2.66 bits per heavy atom. The van der Waals surface area contributed by atoms with E-state index in [-0.39, 0.29) is 40.8 Å². The van der Waals surface area contributed by atoms with Crippen LogP contribution in [0.3, 0.4) is 0 Å². The third-order valence-corrected chi connectivity index (χ3v) is 6.90. The lowest BCUT2D eigenvalue weighted by Gasteiger charge is -2.40. The number of halogens is 2. The van der Waals surface area contributed by atoms with Crippen molar-refractivity contribution in [1.82, 2.24) is 9.80 Å². The molecule has 0 aromatic heterocycles. The molecule has 5 unspecified atom stereocenters. The summed E-state index contributed by atoms with van der Waals surface area (Å²) in [6, 6.07) is 5.56. The standard InChI is InChI=1S/C22H26ClFN2O3/c1-12-10-17-14(11-15(12)23)20(27)18-19(13-6-4-5-7-16(13)24)26(9-8-25(2)3)22(28)21(18)29-17/h4-7,12,14-15,17,19H,8-11H2,1-3H3. The van der Waals surface area contributed by atoms with Gasteiger partial charge in [0.25, 0.3) is 5.91 Å². The Morgan fingerprint density at radius 2 is 1.97 bits per heavy atom. The van der Waals surface area contributed by atoms with Crippen LogP contribution in [0, 0.1) is 17.7 Å². The first-order valence-corrected chi connectivity index (χ1v) is 10.5. The highest BCUT2D eigenvalue weighted by Gasteiger charge is 2.53. The topological polar surface area (TPSA) is 49.9 Å². The second-order valence-electron chi connectivity index (χ2n) is 8.56. The SMILES string of the molecule is CC1CC2OC3=C(C(=O)C2CC1Cl)C(c1ccccc1F)N(CCN(C)C)C3=O. The van der Waals surface area contributed by atoms with Crippen LogP contribution < -0.4 is 0 Å². The molecule has 5 atom stereocenters. The van der Waals surface area contributed by atoms with Gasteiger partial charge < -0.3 is 14.5 Å². The van der Waals surface area contributed by atoms with E-state index in [2.05, 4.69) is 0 Å². The molecule has 0 spiro atoms. The zero-order valence-electron chi connectivity index (χ0n) is 16.9. The largest absolute Gasteiger partial charge is 0.483 e. The number of Topliss-reactive ketones (excluding diaryl/α,β-unsaturated/α-hetero) is 1. The van der Waals surface area contributed by atoms with Crippen molar-refractivity contribution in [2.75, 3.05) is 27.2 Å². The number of nitrogens with zero attached hydrogens (tertiary/aromatic N) is 2. The quantitative estimate of drug-likeness (QED) is 0.702. The number of alkyl halides is 1. The predicted molar refractivity (Wildman–Crippen MR) is 108 cm³/mol. The molecule has 1 amide bonds. The van der Waals surface area contributed by atoms with E-state index in [0.29, 0.717) is 37.1 Å². The number of hydrogen-bond acceptors (Lipinski definition) is 4. The Balaban J connectivity index is 1.77. The van der Waals surface area contributed by atoms with Crippen molar-refractivity contribution in [3.8, 4) is 0 Å². The molecule has 7 heteroatoms. The fourth-order valence-corrected chi connectivity index (χ4v) is 4.92. The number of hydrogen-bond donors (Lipinski definition) is 0. The van der Waals surface area contributed by atoms with E-state index in [1.165, 1.54) is 6.07 Å². The van der Waals surface area contributed by atoms with E-state index in [1.807, 2.05) is 25.9 Å². The summed E-state index contributed by atoms with van der Waals surface area (Å²) < 4.78 is 20.8. The highest BCUT2D eigenvalue weighted by molar-refractivity contribution is 6.21. The molecule has 1 saturated carbocycles. The van der Waals surface area contributed by atoms with E-state index in [0.717, 1.165) is 0 Å². The highest BCUT2D eigenvalue weighted by atomic mass is 35.5. The zero-order chi connectivity index (χ0) is 20.9. The first-order valence-electron chi connectivity index (χ1n) is 10.1. The van der Waals surface area contributed by atoms with Crippen molar-refractivity contribution in [2.24, 2.45) is 11.8 Å². The summed E-state index contributed by atoms with van der Waals surface area (Å²) in [6.45, 7) is 3.01. The molecule has 1 fully saturated rings. The van der Waals surface area contributed by atoms with Crippen LogP contribution in [0.25, 0.3) is 0 Å².